The Balaban J connectivity index is 2.64. The molecular formula is C20H33FOSi. The maximum Gasteiger partial charge on any atom is 0.265 e. The average molecular weight is 337 g/mol. The number of aliphatic hydroxyl groups is 1. The van der Waals surface area contributed by atoms with Crippen LogP contribution in [0.1, 0.15) is 71.9 Å². The predicted octanol–water partition coefficient (Wildman–Crippen LogP) is 5.99. The number of aliphatic hydroxyl groups excluding tert-OH is 1. The van der Waals surface area contributed by atoms with Crippen molar-refractivity contribution < 1.29 is 9.21 Å². The lowest BCUT2D eigenvalue weighted by molar-refractivity contribution is 0.125. The van der Waals surface area contributed by atoms with Gasteiger partial charge in [-0.3, -0.25) is 0 Å². The van der Waals surface area contributed by atoms with Gasteiger partial charge in [-0.2, -0.15) is 0 Å². The first kappa shape index (κ1) is 18.7. The summed E-state index contributed by atoms with van der Waals surface area (Å²) in [5.74, 6) is 0.0486. The summed E-state index contributed by atoms with van der Waals surface area (Å²) in [6.45, 7) is 12.3. The molecule has 1 aromatic carbocycles. The second-order valence-electron chi connectivity index (χ2n) is 9.26. The molecule has 0 aliphatic heterocycles. The molecular weight excluding hydrogens is 303 g/mol. The number of halogens is 1. The molecule has 3 heteroatoms. The predicted molar refractivity (Wildman–Crippen MR) is 98.8 cm³/mol. The summed E-state index contributed by atoms with van der Waals surface area (Å²) in [6, 6.07) is 10.1. The van der Waals surface area contributed by atoms with Crippen LogP contribution in [0.2, 0.25) is 10.1 Å². The summed E-state index contributed by atoms with van der Waals surface area (Å²) >= 11 is 0. The maximum absolute atomic E-state index is 17.0. The highest BCUT2D eigenvalue weighted by Crippen LogP contribution is 2.61. The van der Waals surface area contributed by atoms with E-state index in [1.807, 2.05) is 18.2 Å². The Morgan fingerprint density at radius 2 is 1.52 bits per heavy atom. The lowest BCUT2D eigenvalue weighted by Crippen LogP contribution is -2.56. The van der Waals surface area contributed by atoms with E-state index in [1.54, 1.807) is 0 Å². The summed E-state index contributed by atoms with van der Waals surface area (Å²) in [5, 5.41) is 9.81. The van der Waals surface area contributed by atoms with Gasteiger partial charge in [0.1, 0.15) is 0 Å². The molecule has 0 aromatic heterocycles. The van der Waals surface area contributed by atoms with Crippen LogP contribution in [0.25, 0.3) is 0 Å². The first-order valence-electron chi connectivity index (χ1n) is 8.92. The van der Waals surface area contributed by atoms with Crippen molar-refractivity contribution >= 4 is 8.41 Å². The number of hydrogen-bond acceptors (Lipinski definition) is 1. The smallest absolute Gasteiger partial charge is 0.265 e. The molecule has 3 atom stereocenters. The Morgan fingerprint density at radius 1 is 1.00 bits per heavy atom. The van der Waals surface area contributed by atoms with Crippen molar-refractivity contribution in [2.75, 3.05) is 0 Å². The number of benzene rings is 1. The first-order chi connectivity index (χ1) is 10.5. The van der Waals surface area contributed by atoms with Gasteiger partial charge in [-0.15, -0.1) is 0 Å². The van der Waals surface area contributed by atoms with Crippen molar-refractivity contribution in [1.82, 2.24) is 0 Å². The van der Waals surface area contributed by atoms with Crippen LogP contribution < -0.4 is 0 Å². The first-order valence-corrected chi connectivity index (χ1v) is 10.9. The Kier molecular flexibility index (Phi) is 5.13. The molecule has 0 bridgehead atoms. The van der Waals surface area contributed by atoms with E-state index < -0.39 is 8.41 Å². The molecule has 0 unspecified atom stereocenters. The highest BCUT2D eigenvalue weighted by Gasteiger charge is 2.63. The van der Waals surface area contributed by atoms with Gasteiger partial charge in [-0.05, 0) is 34.4 Å². The van der Waals surface area contributed by atoms with Gasteiger partial charge in [0, 0.05) is 5.54 Å². The van der Waals surface area contributed by atoms with E-state index in [2.05, 4.69) is 53.7 Å². The minimum Gasteiger partial charge on any atom is -0.393 e. The molecule has 23 heavy (non-hydrogen) atoms. The fourth-order valence-electron chi connectivity index (χ4n) is 4.85. The summed E-state index contributed by atoms with van der Waals surface area (Å²) in [5.41, 5.74) is 0.929. The van der Waals surface area contributed by atoms with E-state index in [4.69, 9.17) is 0 Å². The zero-order valence-electron chi connectivity index (χ0n) is 15.6. The molecule has 1 aromatic rings. The third-order valence-electron chi connectivity index (χ3n) is 5.73. The van der Waals surface area contributed by atoms with Gasteiger partial charge in [-0.25, -0.2) is 0 Å². The van der Waals surface area contributed by atoms with Gasteiger partial charge in [0.05, 0.1) is 6.10 Å². The van der Waals surface area contributed by atoms with Crippen LogP contribution in [0.5, 0.6) is 0 Å². The largest absolute Gasteiger partial charge is 0.393 e. The second-order valence-corrected chi connectivity index (χ2v) is 14.3. The molecule has 2 rings (SSSR count). The minimum atomic E-state index is -3.29. The standard InChI is InChI=1S/C20H33FOSi/c1-19(2,3)23(21,20(4,5)6)18(15-11-8-7-9-12-15)16-13-10-14-17(16)22/h7-9,11-12,16-18,22H,10,13-14H2,1-6H3/t16-,17+,18-/m0/s1. The van der Waals surface area contributed by atoms with Crippen LogP contribution >= 0.6 is 0 Å². The quantitative estimate of drug-likeness (QED) is 0.531. The minimum absolute atomic E-state index is 0.0486. The molecule has 0 saturated heterocycles. The van der Waals surface area contributed by atoms with Gasteiger partial charge in [0.25, 0.3) is 8.41 Å². The summed E-state index contributed by atoms with van der Waals surface area (Å²) in [6.07, 6.45) is 2.39. The highest BCUT2D eigenvalue weighted by atomic mass is 28.4. The molecule has 1 saturated carbocycles. The Morgan fingerprint density at radius 3 is 1.91 bits per heavy atom. The van der Waals surface area contributed by atoms with Crippen molar-refractivity contribution in [3.05, 3.63) is 35.9 Å². The third kappa shape index (κ3) is 3.27. The fraction of sp³-hybridized carbons (Fsp3) is 0.700. The number of rotatable bonds is 3. The van der Waals surface area contributed by atoms with E-state index in [9.17, 15) is 5.11 Å². The van der Waals surface area contributed by atoms with E-state index in [0.717, 1.165) is 24.8 Å². The van der Waals surface area contributed by atoms with Crippen LogP contribution in [0.15, 0.2) is 30.3 Å². The molecule has 1 N–H and O–H groups in total. The zero-order valence-corrected chi connectivity index (χ0v) is 16.6. The van der Waals surface area contributed by atoms with Crippen molar-refractivity contribution in [1.29, 1.82) is 0 Å². The molecule has 1 aliphatic carbocycles. The van der Waals surface area contributed by atoms with E-state index in [1.165, 1.54) is 0 Å². The van der Waals surface area contributed by atoms with Crippen LogP contribution in [0, 0.1) is 5.92 Å². The Labute approximate surface area is 142 Å². The molecule has 0 heterocycles. The normalized spacial score (nSPS) is 24.7. The van der Waals surface area contributed by atoms with Gasteiger partial charge in [0.15, 0.2) is 0 Å². The SMILES string of the molecule is CC(C)(C)[Si](F)([C@@H](c1ccccc1)[C@H]1CCC[C@H]1O)C(C)(C)C. The van der Waals surface area contributed by atoms with Gasteiger partial charge in [0.2, 0.25) is 0 Å². The van der Waals surface area contributed by atoms with Gasteiger partial charge < -0.3 is 9.21 Å². The van der Waals surface area contributed by atoms with E-state index >= 15 is 4.11 Å². The van der Waals surface area contributed by atoms with Crippen LogP contribution in [0.4, 0.5) is 4.11 Å². The van der Waals surface area contributed by atoms with Gasteiger partial charge >= 0.3 is 0 Å². The van der Waals surface area contributed by atoms with Crippen molar-refractivity contribution in [2.45, 2.75) is 82.5 Å². The monoisotopic (exact) mass is 336 g/mol. The topological polar surface area (TPSA) is 20.2 Å². The zero-order chi connectivity index (χ0) is 17.5. The van der Waals surface area contributed by atoms with E-state index in [0.29, 0.717) is 0 Å². The second kappa shape index (κ2) is 6.32. The van der Waals surface area contributed by atoms with Crippen LogP contribution in [-0.2, 0) is 0 Å². The van der Waals surface area contributed by atoms with Gasteiger partial charge in [-0.1, -0.05) is 78.3 Å². The summed E-state index contributed by atoms with van der Waals surface area (Å²) in [4.78, 5) is 0. The highest BCUT2D eigenvalue weighted by molar-refractivity contribution is 6.80. The van der Waals surface area contributed by atoms with E-state index in [-0.39, 0.29) is 27.6 Å². The van der Waals surface area contributed by atoms with Crippen molar-refractivity contribution in [3.8, 4) is 0 Å². The molecule has 130 valence electrons. The van der Waals surface area contributed by atoms with Crippen LogP contribution in [0.3, 0.4) is 0 Å². The summed E-state index contributed by atoms with van der Waals surface area (Å²) < 4.78 is 17.0. The molecule has 0 amide bonds. The molecule has 1 nitrogen and oxygen atoms in total. The molecule has 1 fully saturated rings. The Hall–Kier alpha value is -0.673. The summed E-state index contributed by atoms with van der Waals surface area (Å²) in [7, 11) is -3.29. The molecule has 0 spiro atoms. The molecule has 0 radical (unpaired) electrons. The fourth-order valence-corrected chi connectivity index (χ4v) is 10.6. The van der Waals surface area contributed by atoms with Crippen molar-refractivity contribution in [2.24, 2.45) is 5.92 Å². The average Bonchev–Trinajstić information content (AvgIpc) is 2.84. The third-order valence-corrected chi connectivity index (χ3v) is 11.7. The lowest BCUT2D eigenvalue weighted by Gasteiger charge is -2.51. The number of hydrogen-bond donors (Lipinski definition) is 1. The molecule has 1 aliphatic rings. The lowest BCUT2D eigenvalue weighted by atomic mass is 9.95. The Bertz CT molecular complexity index is 501. The van der Waals surface area contributed by atoms with Crippen LogP contribution in [-0.4, -0.2) is 19.6 Å². The maximum atomic E-state index is 17.0. The van der Waals surface area contributed by atoms with Crippen molar-refractivity contribution in [3.63, 3.8) is 0 Å².